The Bertz CT molecular complexity index is 471. The molecule has 0 N–H and O–H groups in total. The van der Waals surface area contributed by atoms with Gasteiger partial charge >= 0.3 is 0 Å². The van der Waals surface area contributed by atoms with E-state index >= 15 is 0 Å². The second-order valence-corrected chi connectivity index (χ2v) is 5.43. The molecule has 1 nitrogen and oxygen atoms in total. The Morgan fingerprint density at radius 3 is 2.75 bits per heavy atom. The number of hydrogen-bond acceptors (Lipinski definition) is 2. The largest absolute Gasteiger partial charge is 0.246 e. The van der Waals surface area contributed by atoms with Gasteiger partial charge in [-0.2, -0.15) is 0 Å². The number of nitrogens with zero attached hydrogens (tertiary/aromatic N) is 1. The summed E-state index contributed by atoms with van der Waals surface area (Å²) in [5.41, 5.74) is 3.88. The first kappa shape index (κ1) is 11.3. The maximum atomic E-state index is 4.65. The zero-order chi connectivity index (χ0) is 11.5. The predicted octanol–water partition coefficient (Wildman–Crippen LogP) is 4.17. The zero-order valence-corrected chi connectivity index (χ0v) is 10.8. The van der Waals surface area contributed by atoms with Crippen LogP contribution in [-0.4, -0.2) is 4.98 Å². The summed E-state index contributed by atoms with van der Waals surface area (Å²) in [6, 6.07) is 8.65. The summed E-state index contributed by atoms with van der Waals surface area (Å²) in [4.78, 5) is 4.65. The molecule has 0 amide bonds. The van der Waals surface area contributed by atoms with Crippen LogP contribution in [0.5, 0.6) is 0 Å². The highest BCUT2D eigenvalue weighted by Gasteiger charge is 2.06. The van der Waals surface area contributed by atoms with E-state index in [-0.39, 0.29) is 0 Å². The fraction of sp³-hybridized carbons (Fsp3) is 0.357. The molecular formula is C14H17NS. The molecule has 0 saturated heterocycles. The third kappa shape index (κ3) is 2.70. The van der Waals surface area contributed by atoms with Gasteiger partial charge in [0.05, 0.1) is 10.7 Å². The number of thiazole rings is 1. The van der Waals surface area contributed by atoms with Gasteiger partial charge in [0.2, 0.25) is 0 Å². The van der Waals surface area contributed by atoms with E-state index in [0.29, 0.717) is 5.92 Å². The van der Waals surface area contributed by atoms with Crippen LogP contribution in [0, 0.1) is 6.92 Å². The quantitative estimate of drug-likeness (QED) is 0.772. The Balaban J connectivity index is 2.14. The van der Waals surface area contributed by atoms with E-state index in [9.17, 15) is 0 Å². The number of rotatable bonds is 3. The number of hydrogen-bond donors (Lipinski definition) is 0. The number of aromatic nitrogens is 1. The summed E-state index contributed by atoms with van der Waals surface area (Å²) in [5.74, 6) is 0.530. The summed E-state index contributed by atoms with van der Waals surface area (Å²) in [6.45, 7) is 6.50. The van der Waals surface area contributed by atoms with Gasteiger partial charge in [-0.25, -0.2) is 4.98 Å². The van der Waals surface area contributed by atoms with Gasteiger partial charge in [0.25, 0.3) is 0 Å². The lowest BCUT2D eigenvalue weighted by Crippen LogP contribution is -1.91. The standard InChI is InChI=1S/C14H17NS/c1-10(2)13-9-16-14(15-13)8-12-6-4-5-11(3)7-12/h4-7,9-10H,8H2,1-3H3. The van der Waals surface area contributed by atoms with Crippen LogP contribution in [0.1, 0.15) is 41.6 Å². The molecule has 0 aliphatic carbocycles. The van der Waals surface area contributed by atoms with Gasteiger partial charge in [0.1, 0.15) is 0 Å². The summed E-state index contributed by atoms with van der Waals surface area (Å²) in [7, 11) is 0. The van der Waals surface area contributed by atoms with Crippen LogP contribution in [0.3, 0.4) is 0 Å². The van der Waals surface area contributed by atoms with Crippen molar-refractivity contribution in [3.05, 3.63) is 51.5 Å². The SMILES string of the molecule is Cc1cccc(Cc2nc(C(C)C)cs2)c1. The van der Waals surface area contributed by atoms with Crippen molar-refractivity contribution in [3.8, 4) is 0 Å². The Labute approximate surface area is 101 Å². The fourth-order valence-corrected chi connectivity index (χ4v) is 2.66. The minimum atomic E-state index is 0.530. The highest BCUT2D eigenvalue weighted by molar-refractivity contribution is 7.09. The summed E-state index contributed by atoms with van der Waals surface area (Å²) >= 11 is 1.77. The van der Waals surface area contributed by atoms with E-state index in [1.54, 1.807) is 11.3 Å². The molecule has 2 heteroatoms. The zero-order valence-electron chi connectivity index (χ0n) is 10.0. The Kier molecular flexibility index (Phi) is 3.39. The molecule has 2 aromatic rings. The van der Waals surface area contributed by atoms with Crippen LogP contribution in [-0.2, 0) is 6.42 Å². The maximum Gasteiger partial charge on any atom is 0.0972 e. The van der Waals surface area contributed by atoms with Crippen LogP contribution in [0.2, 0.25) is 0 Å². The van der Waals surface area contributed by atoms with Crippen molar-refractivity contribution < 1.29 is 0 Å². The van der Waals surface area contributed by atoms with Crippen molar-refractivity contribution in [2.75, 3.05) is 0 Å². The van der Waals surface area contributed by atoms with E-state index in [0.717, 1.165) is 6.42 Å². The van der Waals surface area contributed by atoms with Crippen LogP contribution in [0.4, 0.5) is 0 Å². The molecule has 2 rings (SSSR count). The lowest BCUT2D eigenvalue weighted by atomic mass is 10.1. The number of benzene rings is 1. The molecule has 84 valence electrons. The van der Waals surface area contributed by atoms with Crippen molar-refractivity contribution in [1.29, 1.82) is 0 Å². The van der Waals surface area contributed by atoms with Crippen molar-refractivity contribution in [2.24, 2.45) is 0 Å². The average molecular weight is 231 g/mol. The third-order valence-corrected chi connectivity index (χ3v) is 3.47. The smallest absolute Gasteiger partial charge is 0.0972 e. The van der Waals surface area contributed by atoms with Crippen molar-refractivity contribution in [3.63, 3.8) is 0 Å². The Hall–Kier alpha value is -1.15. The van der Waals surface area contributed by atoms with E-state index in [1.807, 2.05) is 0 Å². The monoisotopic (exact) mass is 231 g/mol. The Morgan fingerprint density at radius 2 is 2.12 bits per heavy atom. The van der Waals surface area contributed by atoms with E-state index in [1.165, 1.54) is 21.8 Å². The Morgan fingerprint density at radius 1 is 1.31 bits per heavy atom. The molecule has 16 heavy (non-hydrogen) atoms. The first-order valence-electron chi connectivity index (χ1n) is 5.65. The van der Waals surface area contributed by atoms with Gasteiger partial charge in [-0.1, -0.05) is 43.7 Å². The second kappa shape index (κ2) is 4.79. The van der Waals surface area contributed by atoms with Gasteiger partial charge < -0.3 is 0 Å². The van der Waals surface area contributed by atoms with Gasteiger partial charge in [-0.05, 0) is 18.4 Å². The normalized spacial score (nSPS) is 11.0. The highest BCUT2D eigenvalue weighted by Crippen LogP contribution is 2.20. The van der Waals surface area contributed by atoms with Crippen LogP contribution >= 0.6 is 11.3 Å². The molecule has 0 atom stereocenters. The van der Waals surface area contributed by atoms with Gasteiger partial charge in [0.15, 0.2) is 0 Å². The predicted molar refractivity (Wildman–Crippen MR) is 70.2 cm³/mol. The molecule has 0 bridgehead atoms. The summed E-state index contributed by atoms with van der Waals surface area (Å²) < 4.78 is 0. The molecule has 0 unspecified atom stereocenters. The number of aryl methyl sites for hydroxylation is 1. The highest BCUT2D eigenvalue weighted by atomic mass is 32.1. The molecule has 0 spiro atoms. The molecule has 1 aromatic heterocycles. The first-order chi connectivity index (χ1) is 7.65. The van der Waals surface area contributed by atoms with Crippen molar-refractivity contribution in [1.82, 2.24) is 4.98 Å². The molecule has 1 aromatic carbocycles. The van der Waals surface area contributed by atoms with Gasteiger partial charge in [-0.3, -0.25) is 0 Å². The minimum Gasteiger partial charge on any atom is -0.246 e. The topological polar surface area (TPSA) is 12.9 Å². The van der Waals surface area contributed by atoms with Gasteiger partial charge in [0, 0.05) is 11.8 Å². The summed E-state index contributed by atoms with van der Waals surface area (Å²) in [5, 5.41) is 3.39. The molecule has 0 aliphatic heterocycles. The molecular weight excluding hydrogens is 214 g/mol. The average Bonchev–Trinajstić information content (AvgIpc) is 2.66. The lowest BCUT2D eigenvalue weighted by molar-refractivity contribution is 0.825. The molecule has 0 saturated carbocycles. The van der Waals surface area contributed by atoms with Crippen molar-refractivity contribution >= 4 is 11.3 Å². The van der Waals surface area contributed by atoms with Crippen LogP contribution in [0.25, 0.3) is 0 Å². The lowest BCUT2D eigenvalue weighted by Gasteiger charge is -2.00. The first-order valence-corrected chi connectivity index (χ1v) is 6.53. The van der Waals surface area contributed by atoms with Crippen LogP contribution < -0.4 is 0 Å². The van der Waals surface area contributed by atoms with E-state index in [2.05, 4.69) is 55.4 Å². The molecule has 0 radical (unpaired) electrons. The maximum absolute atomic E-state index is 4.65. The fourth-order valence-electron chi connectivity index (χ4n) is 1.67. The molecule has 0 aliphatic rings. The molecule has 0 fully saturated rings. The summed E-state index contributed by atoms with van der Waals surface area (Å²) in [6.07, 6.45) is 0.957. The van der Waals surface area contributed by atoms with E-state index < -0.39 is 0 Å². The van der Waals surface area contributed by atoms with Gasteiger partial charge in [-0.15, -0.1) is 11.3 Å². The minimum absolute atomic E-state index is 0.530. The van der Waals surface area contributed by atoms with E-state index in [4.69, 9.17) is 0 Å². The second-order valence-electron chi connectivity index (χ2n) is 4.49. The third-order valence-electron chi connectivity index (χ3n) is 2.60. The molecule has 1 heterocycles. The van der Waals surface area contributed by atoms with Crippen LogP contribution in [0.15, 0.2) is 29.6 Å². The van der Waals surface area contributed by atoms with Crippen molar-refractivity contribution in [2.45, 2.75) is 33.1 Å².